The van der Waals surface area contributed by atoms with Crippen LogP contribution in [0.5, 0.6) is 0 Å². The molecule has 0 spiro atoms. The lowest BCUT2D eigenvalue weighted by Crippen LogP contribution is -2.35. The molecule has 4 rings (SSSR count). The van der Waals surface area contributed by atoms with Crippen molar-refractivity contribution >= 4 is 23.4 Å². The van der Waals surface area contributed by atoms with E-state index in [0.717, 1.165) is 0 Å². The van der Waals surface area contributed by atoms with Crippen LogP contribution in [0.1, 0.15) is 28.4 Å². The van der Waals surface area contributed by atoms with E-state index >= 15 is 0 Å². The van der Waals surface area contributed by atoms with Gasteiger partial charge in [0.2, 0.25) is 0 Å². The lowest BCUT2D eigenvalue weighted by molar-refractivity contribution is 0.0222. The molecule has 0 aliphatic carbocycles. The minimum Gasteiger partial charge on any atom is -0.351 e. The summed E-state index contributed by atoms with van der Waals surface area (Å²) in [6, 6.07) is 5.11. The highest BCUT2D eigenvalue weighted by Crippen LogP contribution is 2.43. The van der Waals surface area contributed by atoms with Gasteiger partial charge in [0.05, 0.1) is 18.8 Å². The number of alkyl halides is 2. The van der Waals surface area contributed by atoms with Gasteiger partial charge in [-0.1, -0.05) is 12.1 Å². The zero-order valence-electron chi connectivity index (χ0n) is 14.8. The Morgan fingerprint density at radius 3 is 2.79 bits per heavy atom. The molecule has 1 fully saturated rings. The highest BCUT2D eigenvalue weighted by atomic mass is 19.3. The third kappa shape index (κ3) is 3.58. The Morgan fingerprint density at radius 2 is 2.07 bits per heavy atom. The average Bonchev–Trinajstić information content (AvgIpc) is 3.21. The van der Waals surface area contributed by atoms with Crippen LogP contribution < -0.4 is 16.0 Å². The van der Waals surface area contributed by atoms with E-state index in [-0.39, 0.29) is 17.0 Å². The maximum Gasteiger partial charge on any atom is 0.319 e. The average molecular weight is 404 g/mol. The predicted molar refractivity (Wildman–Crippen MR) is 96.1 cm³/mol. The fourth-order valence-corrected chi connectivity index (χ4v) is 3.43. The van der Waals surface area contributed by atoms with Crippen molar-refractivity contribution in [2.24, 2.45) is 5.73 Å². The Morgan fingerprint density at radius 1 is 1.28 bits per heavy atom. The van der Waals surface area contributed by atoms with E-state index in [2.05, 4.69) is 10.1 Å². The number of nitrogens with two attached hydrogens (primary N) is 1. The second-order valence-electron chi connectivity index (χ2n) is 6.69. The van der Waals surface area contributed by atoms with Crippen LogP contribution in [0.4, 0.5) is 23.8 Å². The van der Waals surface area contributed by atoms with Crippen molar-refractivity contribution < 1.29 is 22.8 Å². The minimum atomic E-state index is -3.00. The number of amides is 3. The van der Waals surface area contributed by atoms with Crippen molar-refractivity contribution in [3.8, 4) is 0 Å². The van der Waals surface area contributed by atoms with Gasteiger partial charge in [-0.25, -0.2) is 27.5 Å². The number of hydrogen-bond acceptors (Lipinski definition) is 5. The van der Waals surface area contributed by atoms with Crippen LogP contribution in [0, 0.1) is 5.82 Å². The summed E-state index contributed by atoms with van der Waals surface area (Å²) < 4.78 is 43.4. The minimum absolute atomic E-state index is 0.0427. The molecular formula is C18H15F3N6O2. The van der Waals surface area contributed by atoms with E-state index in [1.54, 1.807) is 6.07 Å². The Bertz CT molecular complexity index is 1120. The van der Waals surface area contributed by atoms with Crippen LogP contribution in [0.2, 0.25) is 0 Å². The van der Waals surface area contributed by atoms with Gasteiger partial charge in [0.1, 0.15) is 17.2 Å². The maximum atomic E-state index is 14.2. The first-order valence-corrected chi connectivity index (χ1v) is 8.59. The number of carbonyl (C=O) groups is 2. The first-order valence-electron chi connectivity index (χ1n) is 8.59. The third-order valence-electron chi connectivity index (χ3n) is 4.63. The number of carbonyl (C=O) groups excluding carboxylic acids is 2. The Labute approximate surface area is 162 Å². The van der Waals surface area contributed by atoms with E-state index in [4.69, 9.17) is 5.73 Å². The summed E-state index contributed by atoms with van der Waals surface area (Å²) in [4.78, 5) is 28.7. The molecule has 3 heterocycles. The standard InChI is InChI=1S/C18H15F3N6O2/c19-11-3-1-2-10(6-11)13-7-18(20,21)9-26(13)14-4-5-27-15(24-14)12(8-23-27)16(28)25-17(22)29/h1-6,8,13H,7,9H2,(H3,22,25,28,29)/t13-/m1/s1. The zero-order chi connectivity index (χ0) is 20.8. The quantitative estimate of drug-likeness (QED) is 0.697. The van der Waals surface area contributed by atoms with Crippen LogP contribution in [0.15, 0.2) is 42.7 Å². The molecule has 1 saturated heterocycles. The highest BCUT2D eigenvalue weighted by Gasteiger charge is 2.46. The molecule has 150 valence electrons. The summed E-state index contributed by atoms with van der Waals surface area (Å²) in [7, 11) is 0. The first kappa shape index (κ1) is 18.7. The molecule has 8 nitrogen and oxygen atoms in total. The van der Waals surface area contributed by atoms with E-state index in [1.165, 1.54) is 46.1 Å². The number of nitrogens with zero attached hydrogens (tertiary/aromatic N) is 4. The molecule has 3 amide bonds. The van der Waals surface area contributed by atoms with Gasteiger partial charge in [-0.3, -0.25) is 10.1 Å². The molecule has 0 unspecified atom stereocenters. The molecule has 0 saturated carbocycles. The Balaban J connectivity index is 1.75. The molecule has 0 bridgehead atoms. The smallest absolute Gasteiger partial charge is 0.319 e. The lowest BCUT2D eigenvalue weighted by Gasteiger charge is -2.25. The van der Waals surface area contributed by atoms with Crippen LogP contribution in [0.3, 0.4) is 0 Å². The molecule has 0 radical (unpaired) electrons. The van der Waals surface area contributed by atoms with Crippen LogP contribution in [-0.2, 0) is 0 Å². The Hall–Kier alpha value is -3.63. The topological polar surface area (TPSA) is 106 Å². The Kier molecular flexibility index (Phi) is 4.36. The van der Waals surface area contributed by atoms with Gasteiger partial charge in [-0.2, -0.15) is 5.10 Å². The number of rotatable bonds is 3. The van der Waals surface area contributed by atoms with E-state index in [1.807, 2.05) is 5.32 Å². The SMILES string of the molecule is NC(=O)NC(=O)c1cnn2ccc(N3CC(F)(F)C[C@@H]3c3cccc(F)c3)nc12. The van der Waals surface area contributed by atoms with Gasteiger partial charge >= 0.3 is 6.03 Å². The van der Waals surface area contributed by atoms with Crippen LogP contribution in [-0.4, -0.2) is 39.0 Å². The molecule has 1 aliphatic heterocycles. The van der Waals surface area contributed by atoms with Crippen molar-refractivity contribution in [1.29, 1.82) is 0 Å². The second-order valence-corrected chi connectivity index (χ2v) is 6.69. The first-order chi connectivity index (χ1) is 13.7. The normalized spacial score (nSPS) is 18.2. The van der Waals surface area contributed by atoms with E-state index in [9.17, 15) is 22.8 Å². The van der Waals surface area contributed by atoms with Gasteiger partial charge in [0, 0.05) is 12.6 Å². The molecule has 3 N–H and O–H groups in total. The van der Waals surface area contributed by atoms with E-state index < -0.39 is 42.7 Å². The van der Waals surface area contributed by atoms with Crippen LogP contribution >= 0.6 is 0 Å². The monoisotopic (exact) mass is 404 g/mol. The number of fused-ring (bicyclic) bond motifs is 1. The molecule has 1 aliphatic rings. The predicted octanol–water partition coefficient (Wildman–Crippen LogP) is 2.26. The molecule has 2 aromatic heterocycles. The number of nitrogens with one attached hydrogen (secondary N) is 1. The highest BCUT2D eigenvalue weighted by molar-refractivity contribution is 6.07. The third-order valence-corrected chi connectivity index (χ3v) is 4.63. The van der Waals surface area contributed by atoms with Gasteiger partial charge in [-0.15, -0.1) is 0 Å². The second kappa shape index (κ2) is 6.76. The van der Waals surface area contributed by atoms with Crippen molar-refractivity contribution in [2.75, 3.05) is 11.4 Å². The van der Waals surface area contributed by atoms with Crippen molar-refractivity contribution in [3.05, 3.63) is 59.7 Å². The maximum absolute atomic E-state index is 14.2. The van der Waals surface area contributed by atoms with Gasteiger partial charge in [-0.05, 0) is 23.8 Å². The van der Waals surface area contributed by atoms with Gasteiger partial charge in [0.25, 0.3) is 11.8 Å². The fraction of sp³-hybridized carbons (Fsp3) is 0.222. The van der Waals surface area contributed by atoms with Gasteiger partial charge in [0.15, 0.2) is 5.65 Å². The number of halogens is 3. The van der Waals surface area contributed by atoms with Crippen molar-refractivity contribution in [2.45, 2.75) is 18.4 Å². The summed E-state index contributed by atoms with van der Waals surface area (Å²) in [5.41, 5.74) is 5.37. The molecule has 3 aromatic rings. The largest absolute Gasteiger partial charge is 0.351 e. The number of anilines is 1. The van der Waals surface area contributed by atoms with Gasteiger partial charge < -0.3 is 10.6 Å². The summed E-state index contributed by atoms with van der Waals surface area (Å²) in [6.07, 6.45) is 2.14. The summed E-state index contributed by atoms with van der Waals surface area (Å²) in [5, 5.41) is 5.87. The number of primary amides is 1. The number of aromatic nitrogens is 3. The summed E-state index contributed by atoms with van der Waals surface area (Å²) >= 11 is 0. The molecule has 11 heteroatoms. The van der Waals surface area contributed by atoms with Crippen molar-refractivity contribution in [3.63, 3.8) is 0 Å². The summed E-state index contributed by atoms with van der Waals surface area (Å²) in [6.45, 7) is -0.617. The van der Waals surface area contributed by atoms with E-state index in [0.29, 0.717) is 5.56 Å². The number of benzene rings is 1. The lowest BCUT2D eigenvalue weighted by atomic mass is 10.0. The number of hydrogen-bond donors (Lipinski definition) is 2. The molecular weight excluding hydrogens is 389 g/mol. The summed E-state index contributed by atoms with van der Waals surface area (Å²) in [5.74, 6) is -4.18. The molecule has 1 aromatic carbocycles. The fourth-order valence-electron chi connectivity index (χ4n) is 3.43. The van der Waals surface area contributed by atoms with Crippen LogP contribution in [0.25, 0.3) is 5.65 Å². The van der Waals surface area contributed by atoms with Crippen molar-refractivity contribution in [1.82, 2.24) is 19.9 Å². The number of imide groups is 1. The molecule has 1 atom stereocenters. The zero-order valence-corrected chi connectivity index (χ0v) is 14.8. The number of urea groups is 1. The molecule has 29 heavy (non-hydrogen) atoms.